The predicted molar refractivity (Wildman–Crippen MR) is 103 cm³/mol. The highest BCUT2D eigenvalue weighted by atomic mass is 32.2. The number of nitrogens with one attached hydrogen (secondary N) is 1. The van der Waals surface area contributed by atoms with Crippen LogP contribution in [0.15, 0.2) is 48.5 Å². The largest absolute Gasteiger partial charge is 0.347 e. The van der Waals surface area contributed by atoms with E-state index >= 15 is 0 Å². The monoisotopic (exact) mass is 405 g/mol. The molecule has 10 heteroatoms. The molecule has 2 aromatic carbocycles. The highest BCUT2D eigenvalue weighted by molar-refractivity contribution is 7.88. The Hall–Kier alpha value is -2.82. The van der Waals surface area contributed by atoms with Gasteiger partial charge < -0.3 is 5.32 Å². The highest BCUT2D eigenvalue weighted by Gasteiger charge is 2.13. The number of nitro groups is 1. The first-order valence-electron chi connectivity index (χ1n) is 7.76. The van der Waals surface area contributed by atoms with Crippen LogP contribution in [0.2, 0.25) is 0 Å². The number of benzene rings is 2. The average Bonchev–Trinajstić information content (AvgIpc) is 3.02. The first-order chi connectivity index (χ1) is 12.7. The van der Waals surface area contributed by atoms with Gasteiger partial charge in [-0.05, 0) is 23.3 Å². The van der Waals surface area contributed by atoms with E-state index in [4.69, 9.17) is 5.14 Å². The third-order valence-corrected chi connectivity index (χ3v) is 5.63. The number of nitrogens with zero attached hydrogens (tertiary/aromatic N) is 1. The summed E-state index contributed by atoms with van der Waals surface area (Å²) in [5, 5.41) is 19.3. The number of hydrogen-bond donors (Lipinski definition) is 2. The van der Waals surface area contributed by atoms with E-state index in [1.165, 1.54) is 23.5 Å². The summed E-state index contributed by atoms with van der Waals surface area (Å²) in [5.41, 5.74) is 1.35. The number of sulfonamides is 1. The maximum absolute atomic E-state index is 12.3. The fourth-order valence-electron chi connectivity index (χ4n) is 2.51. The van der Waals surface area contributed by atoms with Crippen LogP contribution in [0.5, 0.6) is 0 Å². The lowest BCUT2D eigenvalue weighted by atomic mass is 10.1. The Labute approximate surface area is 158 Å². The molecule has 0 aliphatic rings. The van der Waals surface area contributed by atoms with E-state index < -0.39 is 14.9 Å². The topological polar surface area (TPSA) is 132 Å². The molecule has 0 fully saturated rings. The lowest BCUT2D eigenvalue weighted by Crippen LogP contribution is -2.21. The van der Waals surface area contributed by atoms with E-state index in [1.54, 1.807) is 36.4 Å². The molecule has 0 atom stereocenters. The number of amides is 1. The van der Waals surface area contributed by atoms with Crippen LogP contribution in [-0.2, 0) is 22.3 Å². The molecule has 0 spiro atoms. The van der Waals surface area contributed by atoms with E-state index in [0.29, 0.717) is 15.8 Å². The molecule has 0 radical (unpaired) electrons. The normalized spacial score (nSPS) is 11.4. The summed E-state index contributed by atoms with van der Waals surface area (Å²) in [6, 6.07) is 12.8. The number of hydrogen-bond acceptors (Lipinski definition) is 6. The van der Waals surface area contributed by atoms with Crippen molar-refractivity contribution in [2.24, 2.45) is 5.14 Å². The van der Waals surface area contributed by atoms with Gasteiger partial charge in [-0.15, -0.1) is 11.3 Å². The van der Waals surface area contributed by atoms with Gasteiger partial charge in [0.15, 0.2) is 0 Å². The molecule has 140 valence electrons. The summed E-state index contributed by atoms with van der Waals surface area (Å²) in [5.74, 6) is -0.527. The molecule has 3 rings (SSSR count). The quantitative estimate of drug-likeness (QED) is 0.480. The van der Waals surface area contributed by atoms with Gasteiger partial charge in [0.1, 0.15) is 0 Å². The summed E-state index contributed by atoms with van der Waals surface area (Å²) in [4.78, 5) is 23.1. The second-order valence-corrected chi connectivity index (χ2v) is 8.59. The van der Waals surface area contributed by atoms with E-state index in [-0.39, 0.29) is 23.9 Å². The predicted octanol–water partition coefficient (Wildman–Crippen LogP) is 2.53. The molecule has 27 heavy (non-hydrogen) atoms. The van der Waals surface area contributed by atoms with Crippen LogP contribution in [0.25, 0.3) is 10.1 Å². The standard InChI is InChI=1S/C17H15N3O5S2/c18-27(24,25)10-12-3-1-11(2-4-12)9-19-17(21)16-8-13-7-14(20(22)23)5-6-15(13)26-16/h1-8H,9-10H2,(H,19,21)(H2,18,24,25). The van der Waals surface area contributed by atoms with Crippen LogP contribution in [0.1, 0.15) is 20.8 Å². The fourth-order valence-corrected chi connectivity index (χ4v) is 4.13. The van der Waals surface area contributed by atoms with Gasteiger partial charge >= 0.3 is 0 Å². The van der Waals surface area contributed by atoms with Crippen molar-refractivity contribution in [1.82, 2.24) is 5.32 Å². The Kier molecular flexibility index (Phi) is 5.22. The average molecular weight is 405 g/mol. The minimum atomic E-state index is -3.58. The molecule has 0 aliphatic heterocycles. The molecule has 3 N–H and O–H groups in total. The van der Waals surface area contributed by atoms with Gasteiger partial charge in [-0.25, -0.2) is 13.6 Å². The van der Waals surface area contributed by atoms with Crippen molar-refractivity contribution in [2.45, 2.75) is 12.3 Å². The van der Waals surface area contributed by atoms with Crippen molar-refractivity contribution in [3.63, 3.8) is 0 Å². The minimum Gasteiger partial charge on any atom is -0.347 e. The van der Waals surface area contributed by atoms with Gasteiger partial charge in [0, 0.05) is 28.8 Å². The Morgan fingerprint density at radius 3 is 2.41 bits per heavy atom. The number of fused-ring (bicyclic) bond motifs is 1. The SMILES string of the molecule is NS(=O)(=O)Cc1ccc(CNC(=O)c2cc3cc([N+](=O)[O-])ccc3s2)cc1. The number of nitrogens with two attached hydrogens (primary N) is 1. The van der Waals surface area contributed by atoms with Gasteiger partial charge in [-0.2, -0.15) is 0 Å². The molecular formula is C17H15N3O5S2. The van der Waals surface area contributed by atoms with Crippen molar-refractivity contribution in [3.05, 3.63) is 74.6 Å². The lowest BCUT2D eigenvalue weighted by Gasteiger charge is -2.05. The third-order valence-electron chi connectivity index (χ3n) is 3.78. The zero-order valence-electron chi connectivity index (χ0n) is 13.9. The number of carbonyl (C=O) groups excluding carboxylic acids is 1. The van der Waals surface area contributed by atoms with Gasteiger partial charge in [-0.3, -0.25) is 14.9 Å². The van der Waals surface area contributed by atoms with Crippen LogP contribution < -0.4 is 10.5 Å². The summed E-state index contributed by atoms with van der Waals surface area (Å²) in [6.07, 6.45) is 0. The van der Waals surface area contributed by atoms with Crippen LogP contribution in [0.3, 0.4) is 0 Å². The third kappa shape index (κ3) is 4.88. The van der Waals surface area contributed by atoms with E-state index in [0.717, 1.165) is 10.3 Å². The second-order valence-electron chi connectivity index (χ2n) is 5.90. The van der Waals surface area contributed by atoms with E-state index in [9.17, 15) is 23.3 Å². The molecule has 0 saturated carbocycles. The molecule has 1 aromatic heterocycles. The summed E-state index contributed by atoms with van der Waals surface area (Å²) >= 11 is 1.25. The van der Waals surface area contributed by atoms with Gasteiger partial charge in [-0.1, -0.05) is 24.3 Å². The molecule has 0 saturated heterocycles. The van der Waals surface area contributed by atoms with Crippen molar-refractivity contribution >= 4 is 43.0 Å². The van der Waals surface area contributed by atoms with Crippen molar-refractivity contribution in [2.75, 3.05) is 0 Å². The summed E-state index contributed by atoms with van der Waals surface area (Å²) in [6.45, 7) is 0.267. The molecule has 3 aromatic rings. The second kappa shape index (κ2) is 7.43. The Morgan fingerprint density at radius 1 is 1.11 bits per heavy atom. The molecule has 1 heterocycles. The number of non-ortho nitro benzene ring substituents is 1. The highest BCUT2D eigenvalue weighted by Crippen LogP contribution is 2.28. The molecule has 0 aliphatic carbocycles. The maximum atomic E-state index is 12.3. The number of thiophene rings is 1. The first-order valence-corrected chi connectivity index (χ1v) is 10.3. The molecule has 0 unspecified atom stereocenters. The van der Waals surface area contributed by atoms with Gasteiger partial charge in [0.25, 0.3) is 11.6 Å². The fraction of sp³-hybridized carbons (Fsp3) is 0.118. The van der Waals surface area contributed by atoms with E-state index in [1.807, 2.05) is 0 Å². The molecular weight excluding hydrogens is 390 g/mol. The smallest absolute Gasteiger partial charge is 0.270 e. The molecule has 8 nitrogen and oxygen atoms in total. The number of primary sulfonamides is 1. The van der Waals surface area contributed by atoms with Crippen molar-refractivity contribution in [1.29, 1.82) is 0 Å². The van der Waals surface area contributed by atoms with Crippen LogP contribution >= 0.6 is 11.3 Å². The first kappa shape index (κ1) is 19.0. The number of rotatable bonds is 6. The molecule has 0 bridgehead atoms. The van der Waals surface area contributed by atoms with Crippen molar-refractivity contribution < 1.29 is 18.1 Å². The zero-order chi connectivity index (χ0) is 19.6. The Morgan fingerprint density at radius 2 is 1.78 bits per heavy atom. The van der Waals surface area contributed by atoms with E-state index in [2.05, 4.69) is 5.32 Å². The summed E-state index contributed by atoms with van der Waals surface area (Å²) < 4.78 is 22.9. The summed E-state index contributed by atoms with van der Waals surface area (Å²) in [7, 11) is -3.58. The number of carbonyl (C=O) groups is 1. The lowest BCUT2D eigenvalue weighted by molar-refractivity contribution is -0.384. The van der Waals surface area contributed by atoms with Gasteiger partial charge in [0.2, 0.25) is 10.0 Å². The Balaban J connectivity index is 1.67. The Bertz CT molecular complexity index is 1120. The molecule has 1 amide bonds. The van der Waals surface area contributed by atoms with Crippen LogP contribution in [-0.4, -0.2) is 19.2 Å². The van der Waals surface area contributed by atoms with Crippen molar-refractivity contribution in [3.8, 4) is 0 Å². The minimum absolute atomic E-state index is 0.0214. The zero-order valence-corrected chi connectivity index (χ0v) is 15.5. The van der Waals surface area contributed by atoms with Crippen LogP contribution in [0.4, 0.5) is 5.69 Å². The van der Waals surface area contributed by atoms with Crippen LogP contribution in [0, 0.1) is 10.1 Å². The number of nitro benzene ring substituents is 1. The maximum Gasteiger partial charge on any atom is 0.270 e. The van der Waals surface area contributed by atoms with Gasteiger partial charge in [0.05, 0.1) is 15.6 Å².